The molecule has 0 aliphatic carbocycles. The molecule has 2 heterocycles. The minimum Gasteiger partial charge on any atom is -0.497 e. The molecule has 2 aliphatic rings. The average molecular weight is 543 g/mol. The van der Waals surface area contributed by atoms with E-state index in [1.807, 2.05) is 52.3 Å². The van der Waals surface area contributed by atoms with Crippen LogP contribution >= 0.6 is 0 Å². The molecule has 3 aromatic carbocycles. The molecule has 3 aromatic rings. The van der Waals surface area contributed by atoms with E-state index in [0.29, 0.717) is 66.4 Å². The molecule has 0 atom stereocenters. The molecule has 9 heteroatoms. The minimum atomic E-state index is -0.495. The van der Waals surface area contributed by atoms with Gasteiger partial charge in [0.2, 0.25) is 5.91 Å². The number of rotatable bonds is 7. The van der Waals surface area contributed by atoms with Crippen LogP contribution in [0.1, 0.15) is 35.2 Å². The number of methoxy groups -OCH3 is 3. The molecular formula is C31H34N4O5. The summed E-state index contributed by atoms with van der Waals surface area (Å²) in [6, 6.07) is 14.8. The number of likely N-dealkylation sites (tertiary alicyclic amines) is 1. The van der Waals surface area contributed by atoms with Gasteiger partial charge in [-0.1, -0.05) is 0 Å². The van der Waals surface area contributed by atoms with Crippen molar-refractivity contribution in [2.75, 3.05) is 45.9 Å². The summed E-state index contributed by atoms with van der Waals surface area (Å²) in [4.78, 5) is 31.1. The van der Waals surface area contributed by atoms with E-state index < -0.39 is 5.41 Å². The maximum Gasteiger partial charge on any atom is 0.254 e. The number of hydrogen-bond donors (Lipinski definition) is 2. The molecule has 2 aliphatic heterocycles. The maximum absolute atomic E-state index is 13.8. The standard InChI is InChI=1S/C31H34N4O5/c1-38-22-5-7-24-26(17-22)25(8-9-27(24)39-2)29(36)34-13-10-31(11-14-34)12-15-35(30(31)37)21-4-6-23(20(18-32)19-33)28(16-21)40-3/h4-9,16-19,32H,10-15,33H2,1-3H3/b20-19+,32-18?. The number of piperidine rings is 1. The van der Waals surface area contributed by atoms with Crippen molar-refractivity contribution in [1.29, 1.82) is 5.41 Å². The van der Waals surface area contributed by atoms with Crippen LogP contribution in [0.25, 0.3) is 16.3 Å². The van der Waals surface area contributed by atoms with Gasteiger partial charge in [0.05, 0.1) is 26.7 Å². The summed E-state index contributed by atoms with van der Waals surface area (Å²) in [5, 5.41) is 9.22. The van der Waals surface area contributed by atoms with Gasteiger partial charge in [0.25, 0.3) is 5.91 Å². The first kappa shape index (κ1) is 27.1. The molecule has 9 nitrogen and oxygen atoms in total. The highest BCUT2D eigenvalue weighted by molar-refractivity contribution is 6.10. The van der Waals surface area contributed by atoms with E-state index in [1.165, 1.54) is 12.4 Å². The maximum atomic E-state index is 13.8. The summed E-state index contributed by atoms with van der Waals surface area (Å²) >= 11 is 0. The molecule has 5 rings (SSSR count). The summed E-state index contributed by atoms with van der Waals surface area (Å²) in [6.07, 6.45) is 4.48. The molecule has 1 spiro atoms. The molecule has 2 saturated heterocycles. The molecule has 40 heavy (non-hydrogen) atoms. The highest BCUT2D eigenvalue weighted by Crippen LogP contribution is 2.44. The van der Waals surface area contributed by atoms with Crippen LogP contribution in [0.2, 0.25) is 0 Å². The number of ether oxygens (including phenoxy) is 3. The summed E-state index contributed by atoms with van der Waals surface area (Å²) in [7, 11) is 4.77. The number of carbonyl (C=O) groups is 2. The second kappa shape index (κ2) is 10.9. The Hall–Kier alpha value is -4.53. The van der Waals surface area contributed by atoms with Gasteiger partial charge in [-0.15, -0.1) is 0 Å². The summed E-state index contributed by atoms with van der Waals surface area (Å²) in [5.41, 5.74) is 7.74. The van der Waals surface area contributed by atoms with Gasteiger partial charge < -0.3 is 35.2 Å². The number of nitrogens with zero attached hydrogens (tertiary/aromatic N) is 2. The number of benzene rings is 3. The van der Waals surface area contributed by atoms with Gasteiger partial charge in [-0.2, -0.15) is 0 Å². The van der Waals surface area contributed by atoms with Gasteiger partial charge >= 0.3 is 0 Å². The molecule has 0 unspecified atom stereocenters. The number of anilines is 1. The predicted molar refractivity (Wildman–Crippen MR) is 156 cm³/mol. The highest BCUT2D eigenvalue weighted by Gasteiger charge is 2.49. The van der Waals surface area contributed by atoms with Crippen molar-refractivity contribution in [3.63, 3.8) is 0 Å². The Morgan fingerprint density at radius 1 is 0.875 bits per heavy atom. The van der Waals surface area contributed by atoms with Crippen molar-refractivity contribution in [3.8, 4) is 17.2 Å². The number of nitrogens with one attached hydrogen (secondary N) is 1. The van der Waals surface area contributed by atoms with Crippen LogP contribution in [0.5, 0.6) is 17.2 Å². The zero-order valence-electron chi connectivity index (χ0n) is 23.0. The predicted octanol–water partition coefficient (Wildman–Crippen LogP) is 4.47. The molecule has 0 bridgehead atoms. The number of amides is 2. The Balaban J connectivity index is 1.34. The monoisotopic (exact) mass is 542 g/mol. The Morgan fingerprint density at radius 2 is 1.57 bits per heavy atom. The largest absolute Gasteiger partial charge is 0.497 e. The summed E-state index contributed by atoms with van der Waals surface area (Å²) < 4.78 is 16.5. The molecule has 208 valence electrons. The normalized spacial score (nSPS) is 16.9. The van der Waals surface area contributed by atoms with Crippen LogP contribution < -0.4 is 24.8 Å². The van der Waals surface area contributed by atoms with Crippen LogP contribution in [0.3, 0.4) is 0 Å². The molecule has 2 amide bonds. The number of fused-ring (bicyclic) bond motifs is 1. The average Bonchev–Trinajstić information content (AvgIpc) is 3.31. The number of carbonyl (C=O) groups excluding carboxylic acids is 2. The molecular weight excluding hydrogens is 508 g/mol. The first-order valence-electron chi connectivity index (χ1n) is 13.3. The summed E-state index contributed by atoms with van der Waals surface area (Å²) in [6.45, 7) is 1.60. The fraction of sp³-hybridized carbons (Fsp3) is 0.323. The Labute approximate surface area is 233 Å². The molecule has 0 aromatic heterocycles. The first-order valence-corrected chi connectivity index (χ1v) is 13.3. The lowest BCUT2D eigenvalue weighted by atomic mass is 9.77. The Morgan fingerprint density at radius 3 is 2.23 bits per heavy atom. The van der Waals surface area contributed by atoms with E-state index in [2.05, 4.69) is 0 Å². The van der Waals surface area contributed by atoms with Crippen LogP contribution in [0.15, 0.2) is 54.7 Å². The zero-order valence-corrected chi connectivity index (χ0v) is 23.0. The zero-order chi connectivity index (χ0) is 28.4. The van der Waals surface area contributed by atoms with Crippen molar-refractivity contribution in [3.05, 3.63) is 65.9 Å². The topological polar surface area (TPSA) is 118 Å². The lowest BCUT2D eigenvalue weighted by Crippen LogP contribution is -2.46. The van der Waals surface area contributed by atoms with E-state index in [9.17, 15) is 9.59 Å². The third-order valence-corrected chi connectivity index (χ3v) is 8.30. The highest BCUT2D eigenvalue weighted by atomic mass is 16.5. The number of hydrogen-bond acceptors (Lipinski definition) is 7. The van der Waals surface area contributed by atoms with Gasteiger partial charge in [0, 0.05) is 71.3 Å². The third-order valence-electron chi connectivity index (χ3n) is 8.30. The van der Waals surface area contributed by atoms with Crippen LogP contribution in [-0.4, -0.2) is 63.9 Å². The fourth-order valence-electron chi connectivity index (χ4n) is 5.93. The van der Waals surface area contributed by atoms with Gasteiger partial charge in [0.1, 0.15) is 17.2 Å². The van der Waals surface area contributed by atoms with Gasteiger partial charge in [-0.25, -0.2) is 0 Å². The van der Waals surface area contributed by atoms with E-state index in [4.69, 9.17) is 25.4 Å². The SMILES string of the molecule is COc1ccc2c(OC)ccc(C(=O)N3CCC4(CC3)CCN(c3ccc(/C(C=N)=C/N)c(OC)c3)C4=O)c2c1. The quantitative estimate of drug-likeness (QED) is 0.425. The van der Waals surface area contributed by atoms with Crippen molar-refractivity contribution < 1.29 is 23.8 Å². The van der Waals surface area contributed by atoms with Crippen molar-refractivity contribution in [1.82, 2.24) is 4.90 Å². The number of allylic oxidation sites excluding steroid dienone is 1. The van der Waals surface area contributed by atoms with E-state index in [-0.39, 0.29) is 11.8 Å². The van der Waals surface area contributed by atoms with Crippen molar-refractivity contribution >= 4 is 40.1 Å². The van der Waals surface area contributed by atoms with Gasteiger partial charge in [-0.3, -0.25) is 9.59 Å². The number of nitrogens with two attached hydrogens (primary N) is 1. The van der Waals surface area contributed by atoms with E-state index >= 15 is 0 Å². The lowest BCUT2D eigenvalue weighted by molar-refractivity contribution is -0.127. The molecule has 0 saturated carbocycles. The lowest BCUT2D eigenvalue weighted by Gasteiger charge is -2.38. The Bertz CT molecular complexity index is 1510. The van der Waals surface area contributed by atoms with Crippen LogP contribution in [0, 0.1) is 10.8 Å². The second-order valence-corrected chi connectivity index (χ2v) is 10.2. The first-order chi connectivity index (χ1) is 19.4. The third kappa shape index (κ3) is 4.51. The fourth-order valence-corrected chi connectivity index (χ4v) is 5.93. The molecule has 0 radical (unpaired) electrons. The smallest absolute Gasteiger partial charge is 0.254 e. The molecule has 3 N–H and O–H groups in total. The molecule has 2 fully saturated rings. The van der Waals surface area contributed by atoms with Gasteiger partial charge in [0.15, 0.2) is 0 Å². The second-order valence-electron chi connectivity index (χ2n) is 10.2. The van der Waals surface area contributed by atoms with Gasteiger partial charge in [-0.05, 0) is 61.7 Å². The van der Waals surface area contributed by atoms with Crippen molar-refractivity contribution in [2.45, 2.75) is 19.3 Å². The van der Waals surface area contributed by atoms with E-state index in [0.717, 1.165) is 22.9 Å². The van der Waals surface area contributed by atoms with Crippen molar-refractivity contribution in [2.24, 2.45) is 11.1 Å². The van der Waals surface area contributed by atoms with Crippen LogP contribution in [-0.2, 0) is 4.79 Å². The summed E-state index contributed by atoms with van der Waals surface area (Å²) in [5.74, 6) is 1.93. The minimum absolute atomic E-state index is 0.0617. The Kier molecular flexibility index (Phi) is 7.38. The van der Waals surface area contributed by atoms with Crippen LogP contribution in [0.4, 0.5) is 5.69 Å². The van der Waals surface area contributed by atoms with E-state index in [1.54, 1.807) is 27.4 Å².